The molecule has 1 atom stereocenters. The van der Waals surface area contributed by atoms with E-state index in [1.807, 2.05) is 25.1 Å². The molecule has 1 aliphatic rings. The Balaban J connectivity index is 1.62. The number of hydrogen-bond donors (Lipinski definition) is 2. The van der Waals surface area contributed by atoms with Crippen LogP contribution in [0.15, 0.2) is 36.7 Å². The van der Waals surface area contributed by atoms with E-state index in [-0.39, 0.29) is 18.0 Å². The molecule has 150 valence electrons. The summed E-state index contributed by atoms with van der Waals surface area (Å²) >= 11 is 0. The van der Waals surface area contributed by atoms with Crippen LogP contribution in [0.25, 0.3) is 0 Å². The van der Waals surface area contributed by atoms with Gasteiger partial charge in [0.25, 0.3) is 5.91 Å². The van der Waals surface area contributed by atoms with Gasteiger partial charge in [0.1, 0.15) is 0 Å². The number of urea groups is 1. The van der Waals surface area contributed by atoms with Gasteiger partial charge in [0.2, 0.25) is 0 Å². The van der Waals surface area contributed by atoms with Crippen LogP contribution < -0.4 is 10.6 Å². The first-order valence-corrected chi connectivity index (χ1v) is 9.60. The molecule has 0 aliphatic carbocycles. The van der Waals surface area contributed by atoms with Crippen molar-refractivity contribution in [1.82, 2.24) is 24.9 Å². The fraction of sp³-hybridized carbons (Fsp3) is 0.450. The van der Waals surface area contributed by atoms with Crippen molar-refractivity contribution in [3.8, 4) is 0 Å². The van der Waals surface area contributed by atoms with Crippen molar-refractivity contribution < 1.29 is 9.59 Å². The molecule has 1 aromatic carbocycles. The summed E-state index contributed by atoms with van der Waals surface area (Å²) in [4.78, 5) is 29.2. The highest BCUT2D eigenvalue weighted by molar-refractivity contribution is 5.97. The molecule has 1 unspecified atom stereocenters. The maximum atomic E-state index is 12.7. The largest absolute Gasteiger partial charge is 0.336 e. The third kappa shape index (κ3) is 4.89. The Hall–Kier alpha value is -2.87. The Morgan fingerprint density at radius 1 is 1.18 bits per heavy atom. The summed E-state index contributed by atoms with van der Waals surface area (Å²) in [6.07, 6.45) is 4.40. The molecule has 3 amide bonds. The van der Waals surface area contributed by atoms with Crippen molar-refractivity contribution >= 4 is 17.6 Å². The van der Waals surface area contributed by atoms with Crippen molar-refractivity contribution in [1.29, 1.82) is 0 Å². The standard InChI is InChI=1S/C20H28N6O2/c1-4-18(16-13-21-25(3)14-16)23-20(28)22-17-7-5-6-15(12-17)19(27)26-10-8-24(2)9-11-26/h5-7,12-14,18H,4,8-11H2,1-3H3,(H2,22,23,28). The molecule has 2 N–H and O–H groups in total. The minimum Gasteiger partial charge on any atom is -0.336 e. The zero-order valence-corrected chi connectivity index (χ0v) is 16.7. The van der Waals surface area contributed by atoms with E-state index in [1.165, 1.54) is 0 Å². The minimum atomic E-state index is -0.306. The lowest BCUT2D eigenvalue weighted by molar-refractivity contribution is 0.0664. The molecule has 2 aromatic rings. The van der Waals surface area contributed by atoms with Crippen molar-refractivity contribution in [2.24, 2.45) is 7.05 Å². The highest BCUT2D eigenvalue weighted by Gasteiger charge is 2.21. The van der Waals surface area contributed by atoms with Gasteiger partial charge >= 0.3 is 6.03 Å². The summed E-state index contributed by atoms with van der Waals surface area (Å²) in [5.74, 6) is -0.000970. The fourth-order valence-electron chi connectivity index (χ4n) is 3.29. The lowest BCUT2D eigenvalue weighted by atomic mass is 10.1. The highest BCUT2D eigenvalue weighted by atomic mass is 16.2. The molecule has 1 aliphatic heterocycles. The molecule has 1 saturated heterocycles. The molecule has 1 aromatic heterocycles. The molecular formula is C20H28N6O2. The van der Waals surface area contributed by atoms with Crippen molar-refractivity contribution in [3.63, 3.8) is 0 Å². The quantitative estimate of drug-likeness (QED) is 0.827. The number of nitrogens with one attached hydrogen (secondary N) is 2. The van der Waals surface area contributed by atoms with Gasteiger partial charge in [-0.2, -0.15) is 5.10 Å². The molecule has 8 nitrogen and oxygen atoms in total. The van der Waals surface area contributed by atoms with Crippen LogP contribution in [-0.2, 0) is 7.05 Å². The molecule has 2 heterocycles. The summed E-state index contributed by atoms with van der Waals surface area (Å²) < 4.78 is 1.71. The normalized spacial score (nSPS) is 15.9. The summed E-state index contributed by atoms with van der Waals surface area (Å²) in [5, 5.41) is 9.95. The van der Waals surface area contributed by atoms with E-state index in [1.54, 1.807) is 35.1 Å². The van der Waals surface area contributed by atoms with Crippen LogP contribution in [0.4, 0.5) is 10.5 Å². The number of hydrogen-bond acceptors (Lipinski definition) is 4. The van der Waals surface area contributed by atoms with Crippen LogP contribution in [0.1, 0.15) is 35.3 Å². The second kappa shape index (κ2) is 8.88. The monoisotopic (exact) mass is 384 g/mol. The molecule has 8 heteroatoms. The van der Waals surface area contributed by atoms with Crippen LogP contribution in [0.3, 0.4) is 0 Å². The predicted molar refractivity (Wildman–Crippen MR) is 108 cm³/mol. The summed E-state index contributed by atoms with van der Waals surface area (Å²) in [5.41, 5.74) is 2.14. The van der Waals surface area contributed by atoms with Gasteiger partial charge in [-0.25, -0.2) is 4.79 Å². The van der Waals surface area contributed by atoms with Crippen molar-refractivity contribution in [2.45, 2.75) is 19.4 Å². The Labute approximate surface area is 165 Å². The second-order valence-electron chi connectivity index (χ2n) is 7.18. The number of aryl methyl sites for hydroxylation is 1. The van der Waals surface area contributed by atoms with Gasteiger partial charge in [-0.05, 0) is 31.7 Å². The number of carbonyl (C=O) groups is 2. The van der Waals surface area contributed by atoms with Gasteiger partial charge in [0.05, 0.1) is 12.2 Å². The maximum absolute atomic E-state index is 12.7. The van der Waals surface area contributed by atoms with E-state index >= 15 is 0 Å². The first-order chi connectivity index (χ1) is 13.5. The molecular weight excluding hydrogens is 356 g/mol. The van der Waals surface area contributed by atoms with E-state index < -0.39 is 0 Å². The predicted octanol–water partition coefficient (Wildman–Crippen LogP) is 2.08. The zero-order valence-electron chi connectivity index (χ0n) is 16.7. The number of piperazine rings is 1. The molecule has 1 fully saturated rings. The third-order valence-electron chi connectivity index (χ3n) is 5.00. The SMILES string of the molecule is CCC(NC(=O)Nc1cccc(C(=O)N2CCN(C)CC2)c1)c1cnn(C)c1. The van der Waals surface area contributed by atoms with E-state index in [4.69, 9.17) is 0 Å². The summed E-state index contributed by atoms with van der Waals surface area (Å²) in [7, 11) is 3.90. The Bertz CT molecular complexity index is 826. The number of nitrogens with zero attached hydrogens (tertiary/aromatic N) is 4. The number of amides is 3. The van der Waals surface area contributed by atoms with E-state index in [9.17, 15) is 9.59 Å². The lowest BCUT2D eigenvalue weighted by Crippen LogP contribution is -2.47. The molecule has 28 heavy (non-hydrogen) atoms. The summed E-state index contributed by atoms with van der Waals surface area (Å²) in [6, 6.07) is 6.66. The number of rotatable bonds is 5. The fourth-order valence-corrected chi connectivity index (χ4v) is 3.29. The Kier molecular flexibility index (Phi) is 6.30. The van der Waals surface area contributed by atoms with Crippen LogP contribution in [0.5, 0.6) is 0 Å². The first kappa shape index (κ1) is 19.9. The summed E-state index contributed by atoms with van der Waals surface area (Å²) in [6.45, 7) is 5.19. The van der Waals surface area contributed by atoms with Gasteiger partial charge in [-0.1, -0.05) is 13.0 Å². The minimum absolute atomic E-state index is 0.000970. The van der Waals surface area contributed by atoms with Crippen LogP contribution in [0.2, 0.25) is 0 Å². The average Bonchev–Trinajstić information content (AvgIpc) is 3.12. The number of aromatic nitrogens is 2. The van der Waals surface area contributed by atoms with Gasteiger partial charge in [-0.3, -0.25) is 9.48 Å². The third-order valence-corrected chi connectivity index (χ3v) is 5.00. The molecule has 0 spiro atoms. The van der Waals surface area contributed by atoms with E-state index in [0.717, 1.165) is 38.2 Å². The first-order valence-electron chi connectivity index (χ1n) is 9.60. The molecule has 0 radical (unpaired) electrons. The molecule has 0 saturated carbocycles. The van der Waals surface area contributed by atoms with E-state index in [0.29, 0.717) is 11.3 Å². The number of carbonyl (C=O) groups excluding carboxylic acids is 2. The van der Waals surface area contributed by atoms with Crippen molar-refractivity contribution in [3.05, 3.63) is 47.8 Å². The Morgan fingerprint density at radius 3 is 2.57 bits per heavy atom. The number of likely N-dealkylation sites (N-methyl/N-ethyl adjacent to an activating group) is 1. The maximum Gasteiger partial charge on any atom is 0.319 e. The van der Waals surface area contributed by atoms with Crippen LogP contribution in [0, 0.1) is 0 Å². The molecule has 3 rings (SSSR count). The van der Waals surface area contributed by atoms with Crippen molar-refractivity contribution in [2.75, 3.05) is 38.5 Å². The highest BCUT2D eigenvalue weighted by Crippen LogP contribution is 2.17. The van der Waals surface area contributed by atoms with Crippen LogP contribution in [-0.4, -0.2) is 64.7 Å². The zero-order chi connectivity index (χ0) is 20.1. The second-order valence-corrected chi connectivity index (χ2v) is 7.18. The van der Waals surface area contributed by atoms with Gasteiger partial charge < -0.3 is 20.4 Å². The molecule has 0 bridgehead atoms. The van der Waals surface area contributed by atoms with Crippen LogP contribution >= 0.6 is 0 Å². The lowest BCUT2D eigenvalue weighted by Gasteiger charge is -2.32. The van der Waals surface area contributed by atoms with Gasteiger partial charge in [0.15, 0.2) is 0 Å². The topological polar surface area (TPSA) is 82.5 Å². The van der Waals surface area contributed by atoms with Gasteiger partial charge in [-0.15, -0.1) is 0 Å². The Morgan fingerprint density at radius 2 is 1.93 bits per heavy atom. The smallest absolute Gasteiger partial charge is 0.319 e. The van der Waals surface area contributed by atoms with E-state index in [2.05, 4.69) is 27.7 Å². The van der Waals surface area contributed by atoms with Gasteiger partial charge in [0, 0.05) is 56.2 Å². The average molecular weight is 384 g/mol. The number of anilines is 1. The number of benzene rings is 1.